The summed E-state index contributed by atoms with van der Waals surface area (Å²) in [6.45, 7) is 5.45. The van der Waals surface area contributed by atoms with Crippen molar-refractivity contribution in [3.63, 3.8) is 0 Å². The van der Waals surface area contributed by atoms with Crippen LogP contribution in [0, 0.1) is 18.8 Å². The topological polar surface area (TPSA) is 62.5 Å². The molecule has 1 aliphatic carbocycles. The van der Waals surface area contributed by atoms with Crippen LogP contribution >= 0.6 is 0 Å². The Morgan fingerprint density at radius 2 is 1.87 bits per heavy atom. The molecule has 0 spiro atoms. The van der Waals surface area contributed by atoms with Crippen LogP contribution in [0.15, 0.2) is 12.1 Å². The van der Waals surface area contributed by atoms with Crippen molar-refractivity contribution in [2.24, 2.45) is 11.8 Å². The Bertz CT molecular complexity index is 949. The summed E-state index contributed by atoms with van der Waals surface area (Å²) in [4.78, 5) is 18.6. The predicted molar refractivity (Wildman–Crippen MR) is 111 cm³/mol. The van der Waals surface area contributed by atoms with Gasteiger partial charge in [-0.05, 0) is 51.0 Å². The maximum absolute atomic E-state index is 13.0. The van der Waals surface area contributed by atoms with Gasteiger partial charge in [0.1, 0.15) is 0 Å². The molecule has 0 unspecified atom stereocenters. The molecule has 31 heavy (non-hydrogen) atoms. The van der Waals surface area contributed by atoms with Gasteiger partial charge >= 0.3 is 12.2 Å². The smallest absolute Gasteiger partial charge is 0.341 e. The normalized spacial score (nSPS) is 27.5. The lowest BCUT2D eigenvalue weighted by Crippen LogP contribution is -2.46. The van der Waals surface area contributed by atoms with Crippen molar-refractivity contribution in [1.82, 2.24) is 24.8 Å². The Morgan fingerprint density at radius 1 is 1.16 bits per heavy atom. The van der Waals surface area contributed by atoms with Crippen LogP contribution in [-0.4, -0.2) is 51.8 Å². The second-order valence-corrected chi connectivity index (χ2v) is 9.13. The first-order valence-corrected chi connectivity index (χ1v) is 11.1. The summed E-state index contributed by atoms with van der Waals surface area (Å²) in [5.74, 6) is -0.681. The number of hydrogen-bond acceptors (Lipinski definition) is 3. The van der Waals surface area contributed by atoms with Crippen molar-refractivity contribution >= 4 is 11.7 Å². The number of halogens is 3. The van der Waals surface area contributed by atoms with Crippen molar-refractivity contribution in [1.29, 1.82) is 0 Å². The summed E-state index contributed by atoms with van der Waals surface area (Å²) < 4.78 is 40.9. The fraction of sp³-hybridized carbons (Fsp3) is 0.682. The number of fused-ring (bicyclic) bond motifs is 1. The Hall–Kier alpha value is -2.32. The number of rotatable bonds is 2. The number of amides is 2. The van der Waals surface area contributed by atoms with Crippen molar-refractivity contribution in [2.45, 2.75) is 64.0 Å². The van der Waals surface area contributed by atoms with Crippen LogP contribution < -0.4 is 5.32 Å². The molecule has 0 radical (unpaired) electrons. The summed E-state index contributed by atoms with van der Waals surface area (Å²) in [7, 11) is 1.64. The van der Waals surface area contributed by atoms with E-state index in [0.29, 0.717) is 25.3 Å². The summed E-state index contributed by atoms with van der Waals surface area (Å²) >= 11 is 0. The van der Waals surface area contributed by atoms with E-state index in [1.165, 1.54) is 0 Å². The fourth-order valence-corrected chi connectivity index (χ4v) is 5.12. The number of aromatic nitrogens is 3. The first-order valence-electron chi connectivity index (χ1n) is 11.1. The molecule has 2 aliphatic rings. The lowest BCUT2D eigenvalue weighted by atomic mass is 9.80. The van der Waals surface area contributed by atoms with Crippen LogP contribution in [0.2, 0.25) is 0 Å². The van der Waals surface area contributed by atoms with E-state index in [1.54, 1.807) is 7.05 Å². The standard InChI is InChI=1S/C22H30F3N5O/c1-13-8-9-29(21(31)26-3)12-17(13)19-10-14(2)27-20-11-18(28-30(19)20)15-4-6-16(7-5-15)22(23,24)25/h10-11,13,15-17H,4-9,12H2,1-3H3,(H,26,31)/t13-,15?,16?,17-/m1/s1. The van der Waals surface area contributed by atoms with Gasteiger partial charge in [0.15, 0.2) is 5.65 Å². The van der Waals surface area contributed by atoms with Gasteiger partial charge in [0.2, 0.25) is 0 Å². The molecule has 4 rings (SSSR count). The highest BCUT2D eigenvalue weighted by Gasteiger charge is 2.42. The average Bonchev–Trinajstić information content (AvgIpc) is 3.16. The number of carbonyl (C=O) groups excluding carboxylic acids is 1. The Balaban J connectivity index is 1.62. The summed E-state index contributed by atoms with van der Waals surface area (Å²) in [6.07, 6.45) is -1.91. The van der Waals surface area contributed by atoms with Gasteiger partial charge in [-0.15, -0.1) is 0 Å². The first kappa shape index (κ1) is 21.9. The minimum absolute atomic E-state index is 0.0274. The minimum atomic E-state index is -4.11. The molecule has 9 heteroatoms. The molecule has 1 saturated heterocycles. The van der Waals surface area contributed by atoms with Gasteiger partial charge in [-0.25, -0.2) is 14.3 Å². The Morgan fingerprint density at radius 3 is 2.52 bits per heavy atom. The second-order valence-electron chi connectivity index (χ2n) is 9.13. The molecule has 0 bridgehead atoms. The maximum atomic E-state index is 13.0. The molecule has 1 N–H and O–H groups in total. The lowest BCUT2D eigenvalue weighted by Gasteiger charge is -2.37. The molecule has 6 nitrogen and oxygen atoms in total. The quantitative estimate of drug-likeness (QED) is 0.745. The van der Waals surface area contributed by atoms with Crippen LogP contribution in [-0.2, 0) is 0 Å². The first-order chi connectivity index (χ1) is 14.7. The zero-order valence-electron chi connectivity index (χ0n) is 18.2. The highest BCUT2D eigenvalue weighted by atomic mass is 19.4. The fourth-order valence-electron chi connectivity index (χ4n) is 5.12. The van der Waals surface area contributed by atoms with Crippen molar-refractivity contribution < 1.29 is 18.0 Å². The monoisotopic (exact) mass is 437 g/mol. The van der Waals surface area contributed by atoms with Gasteiger partial charge in [0.05, 0.1) is 17.3 Å². The van der Waals surface area contributed by atoms with Gasteiger partial charge in [-0.3, -0.25) is 0 Å². The van der Waals surface area contributed by atoms with Crippen molar-refractivity contribution in [2.75, 3.05) is 20.1 Å². The van der Waals surface area contributed by atoms with Crippen molar-refractivity contribution in [3.8, 4) is 0 Å². The van der Waals surface area contributed by atoms with Crippen molar-refractivity contribution in [3.05, 3.63) is 29.2 Å². The highest BCUT2D eigenvalue weighted by Crippen LogP contribution is 2.43. The maximum Gasteiger partial charge on any atom is 0.391 e. The molecule has 2 amide bonds. The van der Waals surface area contributed by atoms with Crippen LogP contribution in [0.1, 0.15) is 67.9 Å². The largest absolute Gasteiger partial charge is 0.391 e. The third-order valence-corrected chi connectivity index (χ3v) is 7.05. The molecule has 1 saturated carbocycles. The van der Waals surface area contributed by atoms with E-state index in [-0.39, 0.29) is 30.7 Å². The third-order valence-electron chi connectivity index (χ3n) is 7.05. The molecular formula is C22H30F3N5O. The Labute approximate surface area is 180 Å². The number of urea groups is 1. The molecule has 2 fully saturated rings. The zero-order valence-corrected chi connectivity index (χ0v) is 18.2. The number of piperidine rings is 1. The predicted octanol–water partition coefficient (Wildman–Crippen LogP) is 4.64. The number of nitrogens with zero attached hydrogens (tertiary/aromatic N) is 4. The van der Waals surface area contributed by atoms with Gasteiger partial charge in [-0.2, -0.15) is 18.3 Å². The van der Waals surface area contributed by atoms with Gasteiger partial charge < -0.3 is 10.2 Å². The summed E-state index contributed by atoms with van der Waals surface area (Å²) in [6, 6.07) is 3.87. The zero-order chi connectivity index (χ0) is 22.3. The SMILES string of the molecule is CNC(=O)N1CC[C@@H](C)[C@H](c2cc(C)nc3cc(C4CCC(C(F)(F)F)CC4)nn23)C1. The molecule has 0 aromatic carbocycles. The van der Waals surface area contributed by atoms with E-state index in [0.717, 1.165) is 35.7 Å². The number of carbonyl (C=O) groups is 1. The van der Waals surface area contributed by atoms with Gasteiger partial charge in [-0.1, -0.05) is 6.92 Å². The van der Waals surface area contributed by atoms with E-state index in [4.69, 9.17) is 5.10 Å². The Kier molecular flexibility index (Phi) is 5.87. The van der Waals surface area contributed by atoms with Crippen LogP contribution in [0.4, 0.5) is 18.0 Å². The van der Waals surface area contributed by atoms with Gasteiger partial charge in [0, 0.05) is 43.7 Å². The molecular weight excluding hydrogens is 407 g/mol. The molecule has 2 atom stereocenters. The molecule has 1 aliphatic heterocycles. The highest BCUT2D eigenvalue weighted by molar-refractivity contribution is 5.74. The molecule has 3 heterocycles. The summed E-state index contributed by atoms with van der Waals surface area (Å²) in [5.41, 5.74) is 3.44. The number of hydrogen-bond donors (Lipinski definition) is 1. The van der Waals surface area contributed by atoms with E-state index in [1.807, 2.05) is 28.5 Å². The summed E-state index contributed by atoms with van der Waals surface area (Å²) in [5, 5.41) is 7.52. The molecule has 2 aromatic rings. The lowest BCUT2D eigenvalue weighted by molar-refractivity contribution is -0.182. The van der Waals surface area contributed by atoms with E-state index in [2.05, 4.69) is 17.2 Å². The second kappa shape index (κ2) is 8.31. The van der Waals surface area contributed by atoms with Crippen LogP contribution in [0.25, 0.3) is 5.65 Å². The van der Waals surface area contributed by atoms with E-state index in [9.17, 15) is 18.0 Å². The number of aryl methyl sites for hydroxylation is 1. The number of likely N-dealkylation sites (tertiary alicyclic amines) is 1. The van der Waals surface area contributed by atoms with E-state index >= 15 is 0 Å². The average molecular weight is 438 g/mol. The minimum Gasteiger partial charge on any atom is -0.341 e. The van der Waals surface area contributed by atoms with Crippen LogP contribution in [0.3, 0.4) is 0 Å². The van der Waals surface area contributed by atoms with Crippen LogP contribution in [0.5, 0.6) is 0 Å². The van der Waals surface area contributed by atoms with E-state index < -0.39 is 12.1 Å². The third kappa shape index (κ3) is 4.36. The number of alkyl halides is 3. The molecule has 2 aromatic heterocycles. The number of nitrogens with one attached hydrogen (secondary N) is 1. The van der Waals surface area contributed by atoms with Gasteiger partial charge in [0.25, 0.3) is 0 Å². The molecule has 170 valence electrons.